The average Bonchev–Trinajstić information content (AvgIpc) is 2.92. The standard InChI is InChI=1S/C32H35O3P/c1-4-34-31(33)32(2,3)35-27-22-20-26(21-23-27)24-25-36(28-14-8-5-9-15-28,29-16-10-6-11-17-29)30-18-12-7-13-19-30/h5-23,36H,4,24-25H2,1-3H3. The van der Waals surface area contributed by atoms with Gasteiger partial charge in [0.2, 0.25) is 0 Å². The second kappa shape index (κ2) is 11.5. The van der Waals surface area contributed by atoms with Crippen molar-refractivity contribution >= 4 is 29.1 Å². The van der Waals surface area contributed by atoms with Gasteiger partial charge in [-0.3, -0.25) is 0 Å². The van der Waals surface area contributed by atoms with Crippen molar-refractivity contribution in [3.63, 3.8) is 0 Å². The zero-order valence-corrected chi connectivity index (χ0v) is 22.3. The van der Waals surface area contributed by atoms with Crippen molar-refractivity contribution < 1.29 is 14.3 Å². The summed E-state index contributed by atoms with van der Waals surface area (Å²) in [6.45, 7) is 5.60. The Morgan fingerprint density at radius 2 is 1.14 bits per heavy atom. The second-order valence-electron chi connectivity index (χ2n) is 9.48. The summed E-state index contributed by atoms with van der Waals surface area (Å²) in [6, 6.07) is 41.1. The van der Waals surface area contributed by atoms with E-state index in [0.717, 1.165) is 12.6 Å². The van der Waals surface area contributed by atoms with Gasteiger partial charge in [0.05, 0.1) is 0 Å². The van der Waals surface area contributed by atoms with Gasteiger partial charge in [-0.05, 0) is 0 Å². The van der Waals surface area contributed by atoms with E-state index >= 15 is 0 Å². The molecule has 0 atom stereocenters. The number of esters is 1. The first-order chi connectivity index (χ1) is 17.5. The van der Waals surface area contributed by atoms with Gasteiger partial charge >= 0.3 is 216 Å². The Morgan fingerprint density at radius 3 is 1.56 bits per heavy atom. The third-order valence-electron chi connectivity index (χ3n) is 6.65. The minimum atomic E-state index is -2.27. The van der Waals surface area contributed by atoms with Crippen molar-refractivity contribution in [1.29, 1.82) is 0 Å². The number of hydrogen-bond donors (Lipinski definition) is 0. The molecule has 0 saturated heterocycles. The van der Waals surface area contributed by atoms with E-state index in [9.17, 15) is 4.79 Å². The van der Waals surface area contributed by atoms with Crippen LogP contribution in [-0.4, -0.2) is 24.3 Å². The summed E-state index contributed by atoms with van der Waals surface area (Å²) in [7, 11) is -2.27. The molecule has 3 nitrogen and oxygen atoms in total. The molecule has 186 valence electrons. The van der Waals surface area contributed by atoms with E-state index < -0.39 is 12.9 Å². The average molecular weight is 499 g/mol. The minimum absolute atomic E-state index is 0.334. The van der Waals surface area contributed by atoms with Crippen LogP contribution in [0.5, 0.6) is 5.75 Å². The first kappa shape index (κ1) is 25.7. The molecule has 4 heteroatoms. The summed E-state index contributed by atoms with van der Waals surface area (Å²) < 4.78 is 11.1. The molecular formula is C32H35O3P. The van der Waals surface area contributed by atoms with Gasteiger partial charge in [0.25, 0.3) is 0 Å². The monoisotopic (exact) mass is 498 g/mol. The molecule has 4 aromatic rings. The molecule has 0 aliphatic rings. The first-order valence-corrected chi connectivity index (χ1v) is 14.8. The van der Waals surface area contributed by atoms with Crippen LogP contribution in [0, 0.1) is 0 Å². The quantitative estimate of drug-likeness (QED) is 0.209. The van der Waals surface area contributed by atoms with Crippen molar-refractivity contribution in [3.8, 4) is 5.75 Å². The predicted molar refractivity (Wildman–Crippen MR) is 153 cm³/mol. The molecule has 0 spiro atoms. The molecule has 0 bridgehead atoms. The molecule has 0 amide bonds. The van der Waals surface area contributed by atoms with Crippen LogP contribution in [0.2, 0.25) is 0 Å². The number of carbonyl (C=O) groups is 1. The molecule has 4 rings (SSSR count). The third-order valence-corrected chi connectivity index (χ3v) is 11.6. The molecule has 0 radical (unpaired) electrons. The maximum atomic E-state index is 12.2. The zero-order valence-electron chi connectivity index (χ0n) is 21.3. The Bertz CT molecular complexity index is 1140. The molecule has 0 unspecified atom stereocenters. The molecular weight excluding hydrogens is 463 g/mol. The van der Waals surface area contributed by atoms with Gasteiger partial charge in [0.1, 0.15) is 0 Å². The van der Waals surface area contributed by atoms with Gasteiger partial charge in [0, 0.05) is 0 Å². The first-order valence-electron chi connectivity index (χ1n) is 12.6. The molecule has 0 heterocycles. The van der Waals surface area contributed by atoms with Crippen LogP contribution in [-0.2, 0) is 16.0 Å². The van der Waals surface area contributed by atoms with Gasteiger partial charge in [0.15, 0.2) is 0 Å². The Morgan fingerprint density at radius 1 is 0.694 bits per heavy atom. The van der Waals surface area contributed by atoms with E-state index in [1.54, 1.807) is 20.8 Å². The van der Waals surface area contributed by atoms with Gasteiger partial charge < -0.3 is 0 Å². The molecule has 0 aliphatic carbocycles. The summed E-state index contributed by atoms with van der Waals surface area (Å²) in [4.78, 5) is 12.2. The number of aryl methyl sites for hydroxylation is 1. The van der Waals surface area contributed by atoms with Crippen molar-refractivity contribution in [1.82, 2.24) is 0 Å². The van der Waals surface area contributed by atoms with Gasteiger partial charge in [-0.1, -0.05) is 0 Å². The summed E-state index contributed by atoms with van der Waals surface area (Å²) in [5.74, 6) is 0.299. The van der Waals surface area contributed by atoms with Crippen LogP contribution >= 0.6 is 7.26 Å². The normalized spacial score (nSPS) is 12.1. The Kier molecular flexibility index (Phi) is 8.23. The van der Waals surface area contributed by atoms with E-state index in [-0.39, 0.29) is 5.97 Å². The van der Waals surface area contributed by atoms with Crippen molar-refractivity contribution in [3.05, 3.63) is 121 Å². The van der Waals surface area contributed by atoms with Gasteiger partial charge in [-0.2, -0.15) is 0 Å². The summed E-state index contributed by atoms with van der Waals surface area (Å²) in [5, 5.41) is 4.25. The molecule has 0 N–H and O–H groups in total. The number of benzene rings is 4. The number of carbonyl (C=O) groups excluding carboxylic acids is 1. The topological polar surface area (TPSA) is 35.5 Å². The SMILES string of the molecule is CCOC(=O)C(C)(C)Oc1ccc(CC[PH](c2ccccc2)(c2ccccc2)c2ccccc2)cc1. The fourth-order valence-electron chi connectivity index (χ4n) is 4.80. The predicted octanol–water partition coefficient (Wildman–Crippen LogP) is 5.68. The van der Waals surface area contributed by atoms with Gasteiger partial charge in [-0.15, -0.1) is 0 Å². The van der Waals surface area contributed by atoms with Crippen LogP contribution in [0.3, 0.4) is 0 Å². The van der Waals surface area contributed by atoms with E-state index in [2.05, 4.69) is 103 Å². The fourth-order valence-corrected chi connectivity index (χ4v) is 9.61. The molecule has 4 aromatic carbocycles. The molecule has 0 aliphatic heterocycles. The van der Waals surface area contributed by atoms with E-state index in [4.69, 9.17) is 9.47 Å². The summed E-state index contributed by atoms with van der Waals surface area (Å²) in [5.41, 5.74) is 0.212. The van der Waals surface area contributed by atoms with Crippen LogP contribution in [0.15, 0.2) is 115 Å². The summed E-state index contributed by atoms with van der Waals surface area (Å²) >= 11 is 0. The second-order valence-corrected chi connectivity index (χ2v) is 13.5. The van der Waals surface area contributed by atoms with Crippen LogP contribution < -0.4 is 20.7 Å². The third kappa shape index (κ3) is 5.69. The van der Waals surface area contributed by atoms with Crippen LogP contribution in [0.25, 0.3) is 0 Å². The van der Waals surface area contributed by atoms with Crippen molar-refractivity contribution in [2.24, 2.45) is 0 Å². The molecule has 0 aromatic heterocycles. The zero-order chi connectivity index (χ0) is 25.4. The van der Waals surface area contributed by atoms with E-state index in [1.165, 1.54) is 21.5 Å². The van der Waals surface area contributed by atoms with E-state index in [1.807, 2.05) is 12.1 Å². The maximum absolute atomic E-state index is 12.2. The summed E-state index contributed by atoms with van der Waals surface area (Å²) in [6.07, 6.45) is 1.98. The number of hydrogen-bond acceptors (Lipinski definition) is 3. The van der Waals surface area contributed by atoms with E-state index in [0.29, 0.717) is 12.4 Å². The number of ether oxygens (including phenoxy) is 2. The Labute approximate surface area is 215 Å². The molecule has 0 saturated carbocycles. The van der Waals surface area contributed by atoms with Crippen LogP contribution in [0.1, 0.15) is 26.3 Å². The Hall–Kier alpha value is -3.42. The van der Waals surface area contributed by atoms with Crippen molar-refractivity contribution in [2.45, 2.75) is 32.8 Å². The fraction of sp³-hybridized carbons (Fsp3) is 0.219. The number of rotatable bonds is 10. The van der Waals surface area contributed by atoms with Crippen molar-refractivity contribution in [2.75, 3.05) is 12.8 Å². The Balaban J connectivity index is 1.64. The molecule has 36 heavy (non-hydrogen) atoms. The van der Waals surface area contributed by atoms with Gasteiger partial charge in [-0.25, -0.2) is 0 Å². The van der Waals surface area contributed by atoms with Crippen LogP contribution in [0.4, 0.5) is 0 Å². The molecule has 0 fully saturated rings.